The van der Waals surface area contributed by atoms with Crippen LogP contribution in [0.3, 0.4) is 0 Å². The summed E-state index contributed by atoms with van der Waals surface area (Å²) in [4.78, 5) is 16.6. The molecule has 0 atom stereocenters. The van der Waals surface area contributed by atoms with Crippen LogP contribution in [-0.4, -0.2) is 16.0 Å². The Hall–Kier alpha value is -3.58. The van der Waals surface area contributed by atoms with Crippen molar-refractivity contribution in [2.24, 2.45) is 0 Å². The van der Waals surface area contributed by atoms with Gasteiger partial charge < -0.3 is 9.73 Å². The fraction of sp³-hybridized carbons (Fsp3) is 0. The topological polar surface area (TPSA) is 67.2 Å². The van der Waals surface area contributed by atoms with Gasteiger partial charge in [0, 0.05) is 11.3 Å². The fourth-order valence-corrected chi connectivity index (χ4v) is 2.91. The number of rotatable bonds is 3. The minimum absolute atomic E-state index is 0.0583. The van der Waals surface area contributed by atoms with Gasteiger partial charge in [-0.1, -0.05) is 30.3 Å². The van der Waals surface area contributed by atoms with E-state index < -0.39 is 11.7 Å². The molecule has 1 aromatic heterocycles. The van der Waals surface area contributed by atoms with Gasteiger partial charge in [-0.15, -0.1) is 0 Å². The minimum atomic E-state index is -0.620. The van der Waals surface area contributed by atoms with Crippen LogP contribution in [0.4, 0.5) is 10.1 Å². The number of para-hydroxylation sites is 2. The van der Waals surface area contributed by atoms with E-state index in [1.165, 1.54) is 18.2 Å². The second-order valence-electron chi connectivity index (χ2n) is 5.96. The number of thiocarbonyl (C=S) groups is 1. The van der Waals surface area contributed by atoms with Crippen LogP contribution >= 0.6 is 12.2 Å². The zero-order valence-corrected chi connectivity index (χ0v) is 15.3. The number of nitrogens with zero attached hydrogens (tertiary/aromatic N) is 1. The Kier molecular flexibility index (Phi) is 4.82. The predicted molar refractivity (Wildman–Crippen MR) is 110 cm³/mol. The summed E-state index contributed by atoms with van der Waals surface area (Å²) in [6.07, 6.45) is 0. The maximum absolute atomic E-state index is 13.7. The van der Waals surface area contributed by atoms with Crippen LogP contribution in [0.5, 0.6) is 0 Å². The van der Waals surface area contributed by atoms with Gasteiger partial charge in [0.15, 0.2) is 10.7 Å². The Labute approximate surface area is 165 Å². The lowest BCUT2D eigenvalue weighted by Gasteiger charge is -2.10. The highest BCUT2D eigenvalue weighted by Crippen LogP contribution is 2.26. The maximum Gasteiger partial charge on any atom is 0.260 e. The van der Waals surface area contributed by atoms with Crippen LogP contribution in [0.1, 0.15) is 10.4 Å². The highest BCUT2D eigenvalue weighted by Gasteiger charge is 2.13. The number of oxazole rings is 1. The number of nitrogens with one attached hydrogen (secondary N) is 2. The Balaban J connectivity index is 1.49. The largest absolute Gasteiger partial charge is 0.436 e. The molecule has 0 radical (unpaired) electrons. The molecule has 0 saturated heterocycles. The lowest BCUT2D eigenvalue weighted by atomic mass is 10.2. The molecule has 0 aliphatic heterocycles. The summed E-state index contributed by atoms with van der Waals surface area (Å²) in [6.45, 7) is 0. The first kappa shape index (κ1) is 17.8. The number of hydrogen-bond acceptors (Lipinski definition) is 4. The van der Waals surface area contributed by atoms with E-state index in [0.717, 1.165) is 11.1 Å². The van der Waals surface area contributed by atoms with Crippen molar-refractivity contribution in [3.8, 4) is 11.5 Å². The van der Waals surface area contributed by atoms with E-state index >= 15 is 0 Å². The van der Waals surface area contributed by atoms with Crippen molar-refractivity contribution >= 4 is 40.0 Å². The van der Waals surface area contributed by atoms with Crippen LogP contribution in [0.25, 0.3) is 22.6 Å². The number of hydrogen-bond donors (Lipinski definition) is 2. The van der Waals surface area contributed by atoms with Gasteiger partial charge >= 0.3 is 0 Å². The Morgan fingerprint density at radius 2 is 1.79 bits per heavy atom. The van der Waals surface area contributed by atoms with Gasteiger partial charge in [0.2, 0.25) is 5.89 Å². The van der Waals surface area contributed by atoms with E-state index in [0.29, 0.717) is 17.2 Å². The maximum atomic E-state index is 13.7. The summed E-state index contributed by atoms with van der Waals surface area (Å²) >= 11 is 5.16. The molecule has 0 aliphatic rings. The van der Waals surface area contributed by atoms with Gasteiger partial charge in [-0.2, -0.15) is 0 Å². The molecule has 3 aromatic carbocycles. The average Bonchev–Trinajstić information content (AvgIpc) is 3.12. The van der Waals surface area contributed by atoms with Gasteiger partial charge in [0.25, 0.3) is 5.91 Å². The number of fused-ring (bicyclic) bond motifs is 1. The van der Waals surface area contributed by atoms with Crippen molar-refractivity contribution in [2.45, 2.75) is 0 Å². The number of benzene rings is 3. The number of halogens is 1. The third kappa shape index (κ3) is 3.74. The standard InChI is InChI=1S/C21H14FN3O2S/c22-16-9-2-1-8-15(16)19(26)25-21(28)23-14-7-5-6-13(12-14)20-24-17-10-3-4-11-18(17)27-20/h1-12H,(H2,23,25,26,28). The van der Waals surface area contributed by atoms with Crippen molar-refractivity contribution in [3.63, 3.8) is 0 Å². The molecule has 28 heavy (non-hydrogen) atoms. The van der Waals surface area contributed by atoms with Crippen LogP contribution in [-0.2, 0) is 0 Å². The van der Waals surface area contributed by atoms with E-state index in [1.54, 1.807) is 18.2 Å². The predicted octanol–water partition coefficient (Wildman–Crippen LogP) is 4.76. The SMILES string of the molecule is O=C(NC(=S)Nc1cccc(-c2nc3ccccc3o2)c1)c1ccccc1F. The van der Waals surface area contributed by atoms with E-state index in [-0.39, 0.29) is 10.7 Å². The first-order valence-electron chi connectivity index (χ1n) is 8.43. The molecule has 0 aliphatic carbocycles. The van der Waals surface area contributed by atoms with Crippen LogP contribution < -0.4 is 10.6 Å². The summed E-state index contributed by atoms with van der Waals surface area (Å²) in [7, 11) is 0. The summed E-state index contributed by atoms with van der Waals surface area (Å²) in [5, 5.41) is 5.44. The molecule has 7 heteroatoms. The second-order valence-corrected chi connectivity index (χ2v) is 6.36. The van der Waals surface area contributed by atoms with E-state index in [9.17, 15) is 9.18 Å². The smallest absolute Gasteiger partial charge is 0.260 e. The number of amides is 1. The van der Waals surface area contributed by atoms with Crippen molar-refractivity contribution in [1.82, 2.24) is 10.3 Å². The van der Waals surface area contributed by atoms with E-state index in [1.807, 2.05) is 36.4 Å². The summed E-state index contributed by atoms with van der Waals surface area (Å²) in [5.41, 5.74) is 2.78. The molecule has 0 bridgehead atoms. The van der Waals surface area contributed by atoms with Crippen molar-refractivity contribution in [3.05, 3.63) is 84.2 Å². The van der Waals surface area contributed by atoms with Gasteiger partial charge in [-0.05, 0) is 54.7 Å². The molecular weight excluding hydrogens is 377 g/mol. The first-order chi connectivity index (χ1) is 13.6. The molecule has 2 N–H and O–H groups in total. The van der Waals surface area contributed by atoms with Crippen molar-refractivity contribution < 1.29 is 13.6 Å². The van der Waals surface area contributed by atoms with Crippen LogP contribution in [0.15, 0.2) is 77.2 Å². The molecule has 0 unspecified atom stereocenters. The first-order valence-corrected chi connectivity index (χ1v) is 8.84. The average molecular weight is 391 g/mol. The Morgan fingerprint density at radius 3 is 2.61 bits per heavy atom. The van der Waals surface area contributed by atoms with Crippen molar-refractivity contribution in [2.75, 3.05) is 5.32 Å². The Bertz CT molecular complexity index is 1160. The zero-order valence-electron chi connectivity index (χ0n) is 14.5. The molecule has 4 rings (SSSR count). The normalized spacial score (nSPS) is 10.6. The van der Waals surface area contributed by atoms with Crippen LogP contribution in [0.2, 0.25) is 0 Å². The summed E-state index contributed by atoms with van der Waals surface area (Å²) in [5.74, 6) is -0.752. The molecule has 5 nitrogen and oxygen atoms in total. The van der Waals surface area contributed by atoms with Gasteiger partial charge in [0.1, 0.15) is 11.3 Å². The van der Waals surface area contributed by atoms with Crippen LogP contribution in [0, 0.1) is 5.82 Å². The number of aromatic nitrogens is 1. The molecule has 0 saturated carbocycles. The van der Waals surface area contributed by atoms with Gasteiger partial charge in [-0.25, -0.2) is 9.37 Å². The number of carbonyl (C=O) groups is 1. The quantitative estimate of drug-likeness (QED) is 0.493. The fourth-order valence-electron chi connectivity index (χ4n) is 2.70. The van der Waals surface area contributed by atoms with Gasteiger partial charge in [-0.3, -0.25) is 10.1 Å². The molecule has 0 spiro atoms. The zero-order chi connectivity index (χ0) is 19.5. The Morgan fingerprint density at radius 1 is 1.00 bits per heavy atom. The second kappa shape index (κ2) is 7.58. The number of carbonyl (C=O) groups excluding carboxylic acids is 1. The monoisotopic (exact) mass is 391 g/mol. The molecule has 1 amide bonds. The van der Waals surface area contributed by atoms with E-state index in [2.05, 4.69) is 15.6 Å². The minimum Gasteiger partial charge on any atom is -0.436 e. The van der Waals surface area contributed by atoms with Gasteiger partial charge in [0.05, 0.1) is 5.56 Å². The molecule has 138 valence electrons. The number of anilines is 1. The summed E-state index contributed by atoms with van der Waals surface area (Å²) in [6, 6.07) is 20.5. The molecule has 1 heterocycles. The third-order valence-corrected chi connectivity index (χ3v) is 4.21. The third-order valence-electron chi connectivity index (χ3n) is 4.01. The summed E-state index contributed by atoms with van der Waals surface area (Å²) < 4.78 is 19.5. The molecule has 4 aromatic rings. The highest BCUT2D eigenvalue weighted by atomic mass is 32.1. The highest BCUT2D eigenvalue weighted by molar-refractivity contribution is 7.80. The lowest BCUT2D eigenvalue weighted by Crippen LogP contribution is -2.34. The lowest BCUT2D eigenvalue weighted by molar-refractivity contribution is 0.0974. The molecular formula is C21H14FN3O2S. The van der Waals surface area contributed by atoms with E-state index in [4.69, 9.17) is 16.6 Å². The van der Waals surface area contributed by atoms with Crippen molar-refractivity contribution in [1.29, 1.82) is 0 Å². The molecule has 0 fully saturated rings.